The van der Waals surface area contributed by atoms with Crippen LogP contribution in [0, 0.1) is 13.8 Å². The maximum atomic E-state index is 12.9. The van der Waals surface area contributed by atoms with Crippen molar-refractivity contribution in [2.24, 2.45) is 0 Å². The van der Waals surface area contributed by atoms with Gasteiger partial charge >= 0.3 is 0 Å². The summed E-state index contributed by atoms with van der Waals surface area (Å²) >= 11 is 5.38. The number of ether oxygens (including phenoxy) is 2. The molecule has 9 heteroatoms. The van der Waals surface area contributed by atoms with Crippen LogP contribution in [0.3, 0.4) is 0 Å². The first-order valence-electron chi connectivity index (χ1n) is 10.2. The Bertz CT molecular complexity index is 1330. The van der Waals surface area contributed by atoms with Crippen LogP contribution in [0.4, 0.5) is 5.69 Å². The first kappa shape index (κ1) is 22.2. The Balaban J connectivity index is 1.55. The third-order valence-electron chi connectivity index (χ3n) is 5.12. The molecule has 8 nitrogen and oxygen atoms in total. The molecule has 1 heterocycles. The summed E-state index contributed by atoms with van der Waals surface area (Å²) in [7, 11) is 2.98. The third-order valence-corrected chi connectivity index (χ3v) is 5.33. The molecule has 1 amide bonds. The fourth-order valence-corrected chi connectivity index (χ4v) is 3.59. The second-order valence-electron chi connectivity index (χ2n) is 7.43. The zero-order valence-corrected chi connectivity index (χ0v) is 19.5. The molecule has 0 unspecified atom stereocenters. The van der Waals surface area contributed by atoms with Crippen molar-refractivity contribution in [1.82, 2.24) is 20.3 Å². The number of nitrogens with zero attached hydrogens (tertiary/aromatic N) is 3. The number of anilines is 1. The summed E-state index contributed by atoms with van der Waals surface area (Å²) < 4.78 is 10.6. The largest absolute Gasteiger partial charge is 0.496 e. The van der Waals surface area contributed by atoms with E-state index in [1.807, 2.05) is 50.2 Å². The van der Waals surface area contributed by atoms with Crippen LogP contribution in [0.15, 0.2) is 54.6 Å². The lowest BCUT2D eigenvalue weighted by atomic mass is 10.1. The molecule has 0 atom stereocenters. The lowest BCUT2D eigenvalue weighted by molar-refractivity contribution is 0.0971. The molecule has 0 aliphatic heterocycles. The number of hydrogen-bond acceptors (Lipinski definition) is 6. The number of aryl methyl sites for hydroxylation is 2. The Morgan fingerprint density at radius 1 is 0.939 bits per heavy atom. The highest BCUT2D eigenvalue weighted by molar-refractivity contribution is 7.80. The van der Waals surface area contributed by atoms with Crippen molar-refractivity contribution < 1.29 is 14.3 Å². The highest BCUT2D eigenvalue weighted by Crippen LogP contribution is 2.28. The highest BCUT2D eigenvalue weighted by Gasteiger charge is 2.19. The molecule has 4 aromatic rings. The van der Waals surface area contributed by atoms with E-state index >= 15 is 0 Å². The van der Waals surface area contributed by atoms with Crippen LogP contribution < -0.4 is 20.1 Å². The van der Waals surface area contributed by atoms with Gasteiger partial charge in [0.2, 0.25) is 0 Å². The minimum absolute atomic E-state index is 0.140. The van der Waals surface area contributed by atoms with E-state index in [4.69, 9.17) is 21.7 Å². The molecule has 33 heavy (non-hydrogen) atoms. The molecule has 168 valence electrons. The fraction of sp³-hybridized carbons (Fsp3) is 0.167. The summed E-state index contributed by atoms with van der Waals surface area (Å²) in [5.74, 6) is 0.339. The van der Waals surface area contributed by atoms with Gasteiger partial charge in [0.15, 0.2) is 5.11 Å². The SMILES string of the molecule is COc1cccc(OC)c1C(=O)NC(=S)Nc1cc2nn(-c3ccc(C)cc3)nc2cc1C. The molecule has 0 radical (unpaired) electrons. The molecule has 0 saturated heterocycles. The van der Waals surface area contributed by atoms with Crippen molar-refractivity contribution in [3.05, 3.63) is 71.3 Å². The predicted molar refractivity (Wildman–Crippen MR) is 132 cm³/mol. The van der Waals surface area contributed by atoms with Gasteiger partial charge in [0.25, 0.3) is 5.91 Å². The van der Waals surface area contributed by atoms with Crippen molar-refractivity contribution in [2.45, 2.75) is 13.8 Å². The van der Waals surface area contributed by atoms with Crippen LogP contribution in [-0.2, 0) is 0 Å². The molecule has 0 spiro atoms. The Hall–Kier alpha value is -3.98. The highest BCUT2D eigenvalue weighted by atomic mass is 32.1. The molecular formula is C24H23N5O3S. The first-order chi connectivity index (χ1) is 15.9. The monoisotopic (exact) mass is 461 g/mol. The Labute approximate surface area is 196 Å². The number of carbonyl (C=O) groups is 1. The Kier molecular flexibility index (Phi) is 6.23. The van der Waals surface area contributed by atoms with E-state index < -0.39 is 5.91 Å². The normalized spacial score (nSPS) is 10.7. The lowest BCUT2D eigenvalue weighted by Crippen LogP contribution is -2.34. The van der Waals surface area contributed by atoms with Gasteiger partial charge in [0.1, 0.15) is 28.1 Å². The zero-order valence-electron chi connectivity index (χ0n) is 18.7. The lowest BCUT2D eigenvalue weighted by Gasteiger charge is -2.15. The maximum Gasteiger partial charge on any atom is 0.264 e. The van der Waals surface area contributed by atoms with E-state index in [-0.39, 0.29) is 10.7 Å². The van der Waals surface area contributed by atoms with Gasteiger partial charge in [-0.25, -0.2) is 0 Å². The quantitative estimate of drug-likeness (QED) is 0.431. The van der Waals surface area contributed by atoms with Gasteiger partial charge in [-0.05, 0) is 68.0 Å². The summed E-state index contributed by atoms with van der Waals surface area (Å²) in [6.45, 7) is 3.96. The number of methoxy groups -OCH3 is 2. The van der Waals surface area contributed by atoms with Crippen LogP contribution >= 0.6 is 12.2 Å². The molecule has 0 aliphatic carbocycles. The number of hydrogen-bond donors (Lipinski definition) is 2. The van der Waals surface area contributed by atoms with E-state index in [2.05, 4.69) is 20.8 Å². The van der Waals surface area contributed by atoms with Gasteiger partial charge in [0.05, 0.1) is 19.9 Å². The average molecular weight is 462 g/mol. The first-order valence-corrected chi connectivity index (χ1v) is 10.6. The van der Waals surface area contributed by atoms with Gasteiger partial charge in [0, 0.05) is 5.69 Å². The van der Waals surface area contributed by atoms with Gasteiger partial charge in [-0.15, -0.1) is 10.2 Å². The van der Waals surface area contributed by atoms with Crippen LogP contribution in [0.1, 0.15) is 21.5 Å². The summed E-state index contributed by atoms with van der Waals surface area (Å²) in [6.07, 6.45) is 0. The second kappa shape index (κ2) is 9.25. The fourth-order valence-electron chi connectivity index (χ4n) is 3.39. The number of nitrogens with one attached hydrogen (secondary N) is 2. The van der Waals surface area contributed by atoms with Crippen molar-refractivity contribution in [2.75, 3.05) is 19.5 Å². The van der Waals surface area contributed by atoms with Gasteiger partial charge in [-0.3, -0.25) is 10.1 Å². The number of amides is 1. The summed E-state index contributed by atoms with van der Waals surface area (Å²) in [5.41, 5.74) is 5.38. The molecule has 3 aromatic carbocycles. The predicted octanol–water partition coefficient (Wildman–Crippen LogP) is 4.18. The molecule has 0 aliphatic rings. The number of benzene rings is 3. The van der Waals surface area contributed by atoms with E-state index in [0.29, 0.717) is 17.0 Å². The minimum atomic E-state index is -0.439. The summed E-state index contributed by atoms with van der Waals surface area (Å²) in [4.78, 5) is 14.5. The van der Waals surface area contributed by atoms with Crippen LogP contribution in [0.25, 0.3) is 16.7 Å². The zero-order chi connectivity index (χ0) is 23.5. The number of carbonyl (C=O) groups excluding carboxylic acids is 1. The third kappa shape index (κ3) is 4.63. The van der Waals surface area contributed by atoms with E-state index in [9.17, 15) is 4.79 Å². The van der Waals surface area contributed by atoms with Crippen molar-refractivity contribution in [3.8, 4) is 17.2 Å². The molecule has 0 saturated carbocycles. The number of rotatable bonds is 5. The minimum Gasteiger partial charge on any atom is -0.496 e. The van der Waals surface area contributed by atoms with Crippen molar-refractivity contribution >= 4 is 40.0 Å². The van der Waals surface area contributed by atoms with Crippen LogP contribution in [0.5, 0.6) is 11.5 Å². The maximum absolute atomic E-state index is 12.9. The van der Waals surface area contributed by atoms with E-state index in [1.54, 1.807) is 23.0 Å². The Morgan fingerprint density at radius 2 is 1.55 bits per heavy atom. The molecule has 0 fully saturated rings. The summed E-state index contributed by atoms with van der Waals surface area (Å²) in [5, 5.41) is 15.0. The molecule has 4 rings (SSSR count). The molecule has 0 bridgehead atoms. The molecule has 2 N–H and O–H groups in total. The van der Waals surface area contributed by atoms with Gasteiger partial charge in [-0.1, -0.05) is 23.8 Å². The van der Waals surface area contributed by atoms with Crippen molar-refractivity contribution in [3.63, 3.8) is 0 Å². The van der Waals surface area contributed by atoms with Gasteiger partial charge in [-0.2, -0.15) is 4.80 Å². The standard InChI is InChI=1S/C24H23N5O3S/c1-14-8-10-16(11-9-14)29-27-18-12-15(2)17(13-19(18)28-29)25-24(33)26-23(30)22-20(31-3)6-5-7-21(22)32-4/h5-13H,1-4H3,(H2,25,26,30,33). The average Bonchev–Trinajstić information content (AvgIpc) is 3.21. The van der Waals surface area contributed by atoms with Crippen molar-refractivity contribution in [1.29, 1.82) is 0 Å². The number of fused-ring (bicyclic) bond motifs is 1. The molecular weight excluding hydrogens is 438 g/mol. The number of thiocarbonyl (C=S) groups is 1. The van der Waals surface area contributed by atoms with Crippen LogP contribution in [-0.4, -0.2) is 40.2 Å². The van der Waals surface area contributed by atoms with E-state index in [1.165, 1.54) is 19.8 Å². The summed E-state index contributed by atoms with van der Waals surface area (Å²) in [6, 6.07) is 16.8. The Morgan fingerprint density at radius 3 is 2.15 bits per heavy atom. The van der Waals surface area contributed by atoms with Gasteiger partial charge < -0.3 is 14.8 Å². The van der Waals surface area contributed by atoms with E-state index in [0.717, 1.165) is 22.5 Å². The second-order valence-corrected chi connectivity index (χ2v) is 7.83. The topological polar surface area (TPSA) is 90.3 Å². The number of aromatic nitrogens is 3. The molecule has 1 aromatic heterocycles. The van der Waals surface area contributed by atoms with Crippen LogP contribution in [0.2, 0.25) is 0 Å². The smallest absolute Gasteiger partial charge is 0.264 e.